The van der Waals surface area contributed by atoms with Gasteiger partial charge in [-0.25, -0.2) is 4.99 Å². The lowest BCUT2D eigenvalue weighted by atomic mass is 10.1. The third-order valence-corrected chi connectivity index (χ3v) is 3.67. The normalized spacial score (nSPS) is 18.6. The molecule has 1 aliphatic rings. The van der Waals surface area contributed by atoms with Crippen molar-refractivity contribution in [3.63, 3.8) is 0 Å². The lowest BCUT2D eigenvalue weighted by molar-refractivity contribution is -0.132. The number of rotatable bonds is 5. The van der Waals surface area contributed by atoms with E-state index in [0.29, 0.717) is 19.5 Å². The lowest BCUT2D eigenvalue weighted by Gasteiger charge is -2.31. The number of aryl methyl sites for hydroxylation is 1. The molecule has 0 aromatic carbocycles. The van der Waals surface area contributed by atoms with Crippen LogP contribution in [-0.2, 0) is 17.8 Å². The van der Waals surface area contributed by atoms with Crippen molar-refractivity contribution in [1.82, 2.24) is 20.7 Å². The third kappa shape index (κ3) is 6.00. The minimum atomic E-state index is 0. The first-order valence-electron chi connectivity index (χ1n) is 7.85. The van der Waals surface area contributed by atoms with Crippen LogP contribution in [-0.4, -0.2) is 48.1 Å². The van der Waals surface area contributed by atoms with Crippen LogP contribution in [0.4, 0.5) is 0 Å². The number of guanidine groups is 1. The van der Waals surface area contributed by atoms with Gasteiger partial charge in [-0.05, 0) is 19.8 Å². The SMILES string of the molecule is CCNC(=NCc1cc(CC)no1)NC1CCC(=O)N(C)C1.I. The van der Waals surface area contributed by atoms with Crippen molar-refractivity contribution in [2.45, 2.75) is 45.7 Å². The summed E-state index contributed by atoms with van der Waals surface area (Å²) in [5.74, 6) is 1.70. The molecule has 0 spiro atoms. The fourth-order valence-corrected chi connectivity index (χ4v) is 2.40. The number of amides is 1. The third-order valence-electron chi connectivity index (χ3n) is 3.67. The summed E-state index contributed by atoms with van der Waals surface area (Å²) in [6.45, 7) is 5.99. The van der Waals surface area contributed by atoms with E-state index in [2.05, 4.69) is 20.8 Å². The summed E-state index contributed by atoms with van der Waals surface area (Å²) in [7, 11) is 1.83. The van der Waals surface area contributed by atoms with E-state index in [1.807, 2.05) is 27.0 Å². The molecular formula is C15H26IN5O2. The molecule has 7 nitrogen and oxygen atoms in total. The molecule has 1 unspecified atom stereocenters. The number of piperidine rings is 1. The van der Waals surface area contributed by atoms with Crippen molar-refractivity contribution >= 4 is 35.8 Å². The van der Waals surface area contributed by atoms with Crippen LogP contribution in [0.1, 0.15) is 38.1 Å². The van der Waals surface area contributed by atoms with Crippen molar-refractivity contribution in [2.75, 3.05) is 20.1 Å². The zero-order valence-electron chi connectivity index (χ0n) is 14.0. The average molecular weight is 435 g/mol. The van der Waals surface area contributed by atoms with Crippen molar-refractivity contribution in [3.8, 4) is 0 Å². The topological polar surface area (TPSA) is 82.8 Å². The van der Waals surface area contributed by atoms with E-state index in [9.17, 15) is 4.79 Å². The highest BCUT2D eigenvalue weighted by atomic mass is 127. The van der Waals surface area contributed by atoms with Crippen molar-refractivity contribution in [1.29, 1.82) is 0 Å². The molecular weight excluding hydrogens is 409 g/mol. The Kier molecular flexibility index (Phi) is 8.35. The summed E-state index contributed by atoms with van der Waals surface area (Å²) in [5, 5.41) is 10.6. The van der Waals surface area contributed by atoms with Crippen LogP contribution in [0.25, 0.3) is 0 Å². The number of aromatic nitrogens is 1. The van der Waals surface area contributed by atoms with Gasteiger partial charge in [-0.15, -0.1) is 24.0 Å². The molecule has 1 aromatic heterocycles. The number of likely N-dealkylation sites (tertiary alicyclic amines) is 1. The maximum absolute atomic E-state index is 11.5. The Labute approximate surface area is 154 Å². The molecule has 130 valence electrons. The Bertz CT molecular complexity index is 532. The monoisotopic (exact) mass is 435 g/mol. The first-order chi connectivity index (χ1) is 10.6. The van der Waals surface area contributed by atoms with E-state index in [0.717, 1.165) is 36.8 Å². The molecule has 0 bridgehead atoms. The van der Waals surface area contributed by atoms with Gasteiger partial charge < -0.3 is 20.1 Å². The molecule has 1 aliphatic heterocycles. The number of nitrogens with one attached hydrogen (secondary N) is 2. The molecule has 1 fully saturated rings. The van der Waals surface area contributed by atoms with Crippen molar-refractivity contribution in [3.05, 3.63) is 17.5 Å². The second-order valence-corrected chi connectivity index (χ2v) is 5.49. The Morgan fingerprint density at radius 1 is 1.52 bits per heavy atom. The van der Waals surface area contributed by atoms with Gasteiger partial charge in [0.2, 0.25) is 5.91 Å². The number of carbonyl (C=O) groups is 1. The summed E-state index contributed by atoms with van der Waals surface area (Å²) in [6.07, 6.45) is 2.26. The first-order valence-corrected chi connectivity index (χ1v) is 7.85. The number of aliphatic imine (C=N–C) groups is 1. The predicted octanol–water partition coefficient (Wildman–Crippen LogP) is 1.53. The molecule has 0 aliphatic carbocycles. The molecule has 0 saturated carbocycles. The van der Waals surface area contributed by atoms with Gasteiger partial charge in [0, 0.05) is 38.7 Å². The number of nitrogens with zero attached hydrogens (tertiary/aromatic N) is 3. The summed E-state index contributed by atoms with van der Waals surface area (Å²) in [5.41, 5.74) is 0.940. The standard InChI is InChI=1S/C15H25N5O2.HI/c1-4-11-8-13(22-19-11)9-17-15(16-5-2)18-12-6-7-14(21)20(3)10-12;/h8,12H,4-7,9-10H2,1-3H3,(H2,16,17,18);1H. The second-order valence-electron chi connectivity index (χ2n) is 5.49. The molecule has 1 aromatic rings. The fraction of sp³-hybridized carbons (Fsp3) is 0.667. The number of hydrogen-bond acceptors (Lipinski definition) is 4. The molecule has 23 heavy (non-hydrogen) atoms. The van der Waals surface area contributed by atoms with Crippen molar-refractivity contribution in [2.24, 2.45) is 4.99 Å². The number of likely N-dealkylation sites (N-methyl/N-ethyl adjacent to an activating group) is 1. The van der Waals surface area contributed by atoms with Gasteiger partial charge in [-0.1, -0.05) is 12.1 Å². The maximum Gasteiger partial charge on any atom is 0.222 e. The van der Waals surface area contributed by atoms with E-state index in [4.69, 9.17) is 4.52 Å². The molecule has 1 atom stereocenters. The predicted molar refractivity (Wildman–Crippen MR) is 99.9 cm³/mol. The van der Waals surface area contributed by atoms with Crippen molar-refractivity contribution < 1.29 is 9.32 Å². The van der Waals surface area contributed by atoms with Crippen LogP contribution in [0.3, 0.4) is 0 Å². The van der Waals surface area contributed by atoms with Gasteiger partial charge >= 0.3 is 0 Å². The molecule has 2 N–H and O–H groups in total. The van der Waals surface area contributed by atoms with Gasteiger partial charge in [0.25, 0.3) is 0 Å². The molecule has 2 rings (SSSR count). The van der Waals surface area contributed by atoms with Crippen LogP contribution < -0.4 is 10.6 Å². The highest BCUT2D eigenvalue weighted by Gasteiger charge is 2.23. The van der Waals surface area contributed by atoms with E-state index < -0.39 is 0 Å². The minimum absolute atomic E-state index is 0. The van der Waals surface area contributed by atoms with Gasteiger partial charge in [-0.3, -0.25) is 4.79 Å². The molecule has 1 amide bonds. The highest BCUT2D eigenvalue weighted by molar-refractivity contribution is 14.0. The number of carbonyl (C=O) groups excluding carboxylic acids is 1. The minimum Gasteiger partial charge on any atom is -0.359 e. The Morgan fingerprint density at radius 2 is 2.30 bits per heavy atom. The van der Waals surface area contributed by atoms with Gasteiger partial charge in [0.1, 0.15) is 6.54 Å². The van der Waals surface area contributed by atoms with Crippen LogP contribution in [0.5, 0.6) is 0 Å². The van der Waals surface area contributed by atoms with E-state index in [1.54, 1.807) is 4.90 Å². The second kappa shape index (κ2) is 9.74. The van der Waals surface area contributed by atoms with Gasteiger partial charge in [-0.2, -0.15) is 0 Å². The molecule has 0 radical (unpaired) electrons. The fourth-order valence-electron chi connectivity index (χ4n) is 2.40. The maximum atomic E-state index is 11.5. The van der Waals surface area contributed by atoms with Gasteiger partial charge in [0.05, 0.1) is 5.69 Å². The summed E-state index contributed by atoms with van der Waals surface area (Å²) >= 11 is 0. The van der Waals surface area contributed by atoms with Crippen LogP contribution in [0.15, 0.2) is 15.6 Å². The quantitative estimate of drug-likeness (QED) is 0.417. The van der Waals surface area contributed by atoms with E-state index >= 15 is 0 Å². The van der Waals surface area contributed by atoms with Crippen LogP contribution in [0.2, 0.25) is 0 Å². The largest absolute Gasteiger partial charge is 0.359 e. The van der Waals surface area contributed by atoms with E-state index in [-0.39, 0.29) is 35.9 Å². The van der Waals surface area contributed by atoms with Gasteiger partial charge in [0.15, 0.2) is 11.7 Å². The number of halogens is 1. The Morgan fingerprint density at radius 3 is 2.91 bits per heavy atom. The smallest absolute Gasteiger partial charge is 0.222 e. The molecule has 2 heterocycles. The zero-order valence-corrected chi connectivity index (χ0v) is 16.3. The van der Waals surface area contributed by atoms with Crippen LogP contribution in [0, 0.1) is 0 Å². The van der Waals surface area contributed by atoms with E-state index in [1.165, 1.54) is 0 Å². The Balaban J connectivity index is 0.00000264. The molecule has 1 saturated heterocycles. The summed E-state index contributed by atoms with van der Waals surface area (Å²) in [4.78, 5) is 17.8. The highest BCUT2D eigenvalue weighted by Crippen LogP contribution is 2.10. The molecule has 8 heteroatoms. The lowest BCUT2D eigenvalue weighted by Crippen LogP contribution is -2.51. The number of hydrogen-bond donors (Lipinski definition) is 2. The zero-order chi connectivity index (χ0) is 15.9. The Hall–Kier alpha value is -1.32. The average Bonchev–Trinajstić information content (AvgIpc) is 2.97. The first kappa shape index (κ1) is 19.7. The summed E-state index contributed by atoms with van der Waals surface area (Å²) in [6, 6.07) is 2.15. The van der Waals surface area contributed by atoms with Crippen LogP contribution >= 0.6 is 24.0 Å². The summed E-state index contributed by atoms with van der Waals surface area (Å²) < 4.78 is 5.24.